The zero-order valence-electron chi connectivity index (χ0n) is 34.2. The summed E-state index contributed by atoms with van der Waals surface area (Å²) in [5.41, 5.74) is 18.7. The van der Waals surface area contributed by atoms with E-state index in [0.717, 1.165) is 63.2 Å². The smallest absolute Gasteiger partial charge is 0.698 e. The maximum atomic E-state index is 8.01. The van der Waals surface area contributed by atoms with Gasteiger partial charge in [0.15, 0.2) is 0 Å². The van der Waals surface area contributed by atoms with Crippen molar-refractivity contribution < 1.29 is 32.7 Å². The fourth-order valence-electron chi connectivity index (χ4n) is 6.31. The molecule has 0 aliphatic rings. The Morgan fingerprint density at radius 1 is 0.654 bits per heavy atom. The number of nitrogens with one attached hydrogen (secondary N) is 1. The maximum absolute atomic E-state index is 8.01. The molecule has 276 valence electrons. The summed E-state index contributed by atoms with van der Waals surface area (Å²) in [5.74, 6) is 1.86. The Labute approximate surface area is 339 Å². The van der Waals surface area contributed by atoms with Gasteiger partial charge in [0.1, 0.15) is 0 Å². The summed E-state index contributed by atoms with van der Waals surface area (Å²) in [6.07, 6.45) is 0.831. The molecule has 9 nitrogen and oxygen atoms in total. The maximum Gasteiger partial charge on any atom is 3.00 e. The molecular weight excluding hydrogens is 718 g/mol. The van der Waals surface area contributed by atoms with Crippen LogP contribution < -0.4 is 0 Å². The first kappa shape index (κ1) is 44.7. The van der Waals surface area contributed by atoms with Crippen LogP contribution in [0.25, 0.3) is 11.1 Å². The van der Waals surface area contributed by atoms with Gasteiger partial charge in [-0.25, -0.2) is 15.3 Å². The van der Waals surface area contributed by atoms with Crippen LogP contribution in [0.15, 0.2) is 71.7 Å². The molecule has 11 heteroatoms. The number of aromatic nitrogens is 6. The normalized spacial score (nSPS) is 11.5. The Hall–Kier alpha value is -3.49. The van der Waals surface area contributed by atoms with Crippen LogP contribution in [0.2, 0.25) is 0 Å². The Kier molecular flexibility index (Phi) is 17.8. The predicted octanol–water partition coefficient (Wildman–Crippen LogP) is 10.2. The average Bonchev–Trinajstić information content (AvgIpc) is 3.67. The third kappa shape index (κ3) is 12.9. The Morgan fingerprint density at radius 3 is 1.37 bits per heavy atom. The molecule has 1 N–H and O–H groups in total. The molecule has 5 rings (SSSR count). The molecule has 3 heterocycles. The van der Waals surface area contributed by atoms with Gasteiger partial charge in [0.25, 0.3) is 0 Å². The summed E-state index contributed by atoms with van der Waals surface area (Å²) in [4.78, 5) is 4.56. The number of hydrogen-bond donors (Lipinski definition) is 0. The number of aryl methyl sites for hydroxylation is 6. The van der Waals surface area contributed by atoms with E-state index in [4.69, 9.17) is 21.0 Å². The first-order chi connectivity index (χ1) is 24.0. The molecule has 2 aromatic carbocycles. The van der Waals surface area contributed by atoms with Crippen LogP contribution in [0.5, 0.6) is 0 Å². The molecule has 5 aromatic rings. The molecule has 0 spiro atoms. The third-order valence-corrected chi connectivity index (χ3v) is 8.51. The van der Waals surface area contributed by atoms with Crippen molar-refractivity contribution in [1.82, 2.24) is 29.1 Å². The molecule has 0 saturated carbocycles. The minimum atomic E-state index is -1.26. The van der Waals surface area contributed by atoms with Gasteiger partial charge in [-0.3, -0.25) is 0 Å². The van der Waals surface area contributed by atoms with Crippen molar-refractivity contribution in [2.24, 2.45) is 4.99 Å². The average molecular weight is 780 g/mol. The number of hydrogen-bond acceptors (Lipinski definition) is 4. The summed E-state index contributed by atoms with van der Waals surface area (Å²) in [7, 11) is -1.26. The van der Waals surface area contributed by atoms with Gasteiger partial charge in [0.2, 0.25) is 0 Å². The standard InChI is InChI=1S/C15H22BN6.C14H21N2.C12H18N.Y/c1-10-7-13(4)20(17-10)16(21-14(5)8-11(2)18-21)22-15(6)9-12(3)19-22;1-11(2)15-14(16-12(3)4)10-13-8-6-5-7-9-13;1-8(2)10-6-5-7-11(9(3)4)12(10)13;/h7-9,16H,1-6H3;5-9,11-12H,10H2,1-4H3;5-9,13H,1-4H3;/q3*-1;+3. The van der Waals surface area contributed by atoms with Crippen LogP contribution in [0.3, 0.4) is 0 Å². The monoisotopic (exact) mass is 779 g/mol. The fraction of sp³-hybridized carbons (Fsp3) is 0.463. The van der Waals surface area contributed by atoms with Crippen molar-refractivity contribution >= 4 is 18.6 Å². The minimum absolute atomic E-state index is 0. The van der Waals surface area contributed by atoms with Crippen LogP contribution in [-0.4, -0.2) is 54.1 Å². The predicted molar refractivity (Wildman–Crippen MR) is 218 cm³/mol. The SMILES string of the molecule is CC(C)N=C(Cc1ccccc1)[N-]C(C)C.CC(C)c1cccc(C(C)C)c1[NH-].Cc1cc(C)n([BH-](n2nc(C)cc2C)n2nc(C)cc2C)n1.[Y+3]. The van der Waals surface area contributed by atoms with E-state index in [2.05, 4.69) is 161 Å². The molecule has 52 heavy (non-hydrogen) atoms. The van der Waals surface area contributed by atoms with Crippen molar-refractivity contribution in [2.45, 2.75) is 127 Å². The third-order valence-electron chi connectivity index (χ3n) is 8.51. The second-order valence-electron chi connectivity index (χ2n) is 14.8. The van der Waals surface area contributed by atoms with Gasteiger partial charge in [-0.15, -0.1) is 5.69 Å². The summed E-state index contributed by atoms with van der Waals surface area (Å²) in [5, 5.41) is 18.7. The number of benzene rings is 2. The molecule has 0 radical (unpaired) electrons. The largest absolute Gasteiger partial charge is 3.00 e. The molecule has 0 amide bonds. The minimum Gasteiger partial charge on any atom is -0.698 e. The zero-order chi connectivity index (χ0) is 38.0. The molecule has 0 aliphatic heterocycles. The van der Waals surface area contributed by atoms with E-state index in [1.165, 1.54) is 5.56 Å². The quantitative estimate of drug-likeness (QED) is 0.0845. The van der Waals surface area contributed by atoms with E-state index >= 15 is 0 Å². The zero-order valence-corrected chi connectivity index (χ0v) is 37.1. The van der Waals surface area contributed by atoms with E-state index in [1.54, 1.807) is 0 Å². The second-order valence-corrected chi connectivity index (χ2v) is 14.8. The van der Waals surface area contributed by atoms with Gasteiger partial charge in [-0.2, -0.15) is 0 Å². The summed E-state index contributed by atoms with van der Waals surface area (Å²) < 4.78 is 6.19. The fourth-order valence-corrected chi connectivity index (χ4v) is 6.31. The van der Waals surface area contributed by atoms with Gasteiger partial charge in [-0.1, -0.05) is 121 Å². The van der Waals surface area contributed by atoms with Crippen molar-refractivity contribution in [3.05, 3.63) is 129 Å². The number of nitrogens with zero attached hydrogens (tertiary/aromatic N) is 8. The van der Waals surface area contributed by atoms with Gasteiger partial charge >= 0.3 is 39.8 Å². The van der Waals surface area contributed by atoms with Crippen molar-refractivity contribution in [2.75, 3.05) is 0 Å². The van der Waals surface area contributed by atoms with E-state index in [-0.39, 0.29) is 32.7 Å². The topological polar surface area (TPSA) is 104 Å². The molecule has 0 aliphatic carbocycles. The Balaban J connectivity index is 0.000000279. The van der Waals surface area contributed by atoms with Crippen LogP contribution in [0, 0.1) is 41.5 Å². The van der Waals surface area contributed by atoms with Crippen molar-refractivity contribution in [1.29, 1.82) is 0 Å². The van der Waals surface area contributed by atoms with E-state index in [0.29, 0.717) is 23.9 Å². The Morgan fingerprint density at radius 2 is 1.06 bits per heavy atom. The van der Waals surface area contributed by atoms with Crippen molar-refractivity contribution in [3.63, 3.8) is 0 Å². The second kappa shape index (κ2) is 20.7. The van der Waals surface area contributed by atoms with E-state index in [1.807, 2.05) is 26.8 Å². The van der Waals surface area contributed by atoms with Crippen LogP contribution in [0.4, 0.5) is 5.69 Å². The number of amidine groups is 1. The first-order valence-corrected chi connectivity index (χ1v) is 18.4. The van der Waals surface area contributed by atoms with Crippen LogP contribution in [-0.2, 0) is 39.1 Å². The number of aliphatic imine (C=N–C) groups is 1. The van der Waals surface area contributed by atoms with E-state index in [9.17, 15) is 0 Å². The van der Waals surface area contributed by atoms with Gasteiger partial charge in [0, 0.05) is 0 Å². The number of rotatable bonds is 9. The van der Waals surface area contributed by atoms with Crippen molar-refractivity contribution in [3.8, 4) is 0 Å². The van der Waals surface area contributed by atoms with Gasteiger partial charge < -0.3 is 29.8 Å². The van der Waals surface area contributed by atoms with Crippen LogP contribution >= 0.6 is 0 Å². The molecule has 3 aromatic heterocycles. The summed E-state index contributed by atoms with van der Waals surface area (Å²) >= 11 is 0. The van der Waals surface area contributed by atoms with E-state index < -0.39 is 7.12 Å². The first-order valence-electron chi connectivity index (χ1n) is 18.4. The molecular formula is C41H61BN9Y. The Bertz CT molecular complexity index is 1710. The summed E-state index contributed by atoms with van der Waals surface area (Å²) in [6.45, 7) is 29.2. The van der Waals surface area contributed by atoms with Crippen LogP contribution in [0.1, 0.15) is 118 Å². The summed E-state index contributed by atoms with van der Waals surface area (Å²) in [6, 6.07) is 23.4. The molecule has 0 saturated heterocycles. The molecule has 0 fully saturated rings. The van der Waals surface area contributed by atoms with Gasteiger partial charge in [-0.05, 0) is 113 Å². The molecule has 0 bridgehead atoms. The van der Waals surface area contributed by atoms with Gasteiger partial charge in [0.05, 0.1) is 17.1 Å². The molecule has 0 unspecified atom stereocenters. The molecule has 0 atom stereocenters.